The number of nitrogens with one attached hydrogen (secondary N) is 1. The summed E-state index contributed by atoms with van der Waals surface area (Å²) >= 11 is 0. The second-order valence-corrected chi connectivity index (χ2v) is 10.7. The highest BCUT2D eigenvalue weighted by Gasteiger charge is 2.28. The minimum atomic E-state index is 0.381. The van der Waals surface area contributed by atoms with Crippen molar-refractivity contribution in [2.45, 2.75) is 51.6 Å². The number of piperazine rings is 1. The summed E-state index contributed by atoms with van der Waals surface area (Å²) in [7, 11) is 2.19. The number of hydrogen-bond acceptors (Lipinski definition) is 5. The van der Waals surface area contributed by atoms with Crippen LogP contribution >= 0.6 is 0 Å². The molecule has 2 aliphatic rings. The Bertz CT molecular complexity index is 1210. The smallest absolute Gasteiger partial charge is 0.121 e. The molecule has 0 radical (unpaired) electrons. The molecule has 1 aliphatic heterocycles. The summed E-state index contributed by atoms with van der Waals surface area (Å²) in [6.45, 7) is 10.7. The number of hydrogen-bond donors (Lipinski definition) is 1. The molecular formula is C30H39N5O. The van der Waals surface area contributed by atoms with Gasteiger partial charge in [0.05, 0.1) is 23.4 Å². The summed E-state index contributed by atoms with van der Waals surface area (Å²) in [6, 6.07) is 18.1. The van der Waals surface area contributed by atoms with Crippen molar-refractivity contribution in [2.75, 3.05) is 51.7 Å². The van der Waals surface area contributed by atoms with E-state index in [0.717, 1.165) is 91.1 Å². The van der Waals surface area contributed by atoms with Crippen LogP contribution in [-0.4, -0.2) is 66.8 Å². The van der Waals surface area contributed by atoms with Gasteiger partial charge in [-0.25, -0.2) is 0 Å². The summed E-state index contributed by atoms with van der Waals surface area (Å²) in [5, 5.41) is 14.7. The molecule has 190 valence electrons. The van der Waals surface area contributed by atoms with Crippen LogP contribution in [0.4, 0.5) is 5.69 Å². The lowest BCUT2D eigenvalue weighted by Crippen LogP contribution is -2.44. The Kier molecular flexibility index (Phi) is 7.50. The number of nitriles is 1. The molecule has 2 fully saturated rings. The number of anilines is 1. The minimum Gasteiger partial charge on any atom is -0.493 e. The number of aromatic nitrogens is 1. The predicted molar refractivity (Wildman–Crippen MR) is 148 cm³/mol. The van der Waals surface area contributed by atoms with E-state index in [1.807, 2.05) is 6.07 Å². The van der Waals surface area contributed by atoms with Crippen molar-refractivity contribution < 1.29 is 4.74 Å². The molecule has 2 heterocycles. The molecule has 3 aromatic rings. The van der Waals surface area contributed by atoms with Crippen molar-refractivity contribution in [1.82, 2.24) is 14.4 Å². The number of ether oxygens (including phenoxy) is 1. The molecule has 1 aromatic heterocycles. The third-order valence-corrected chi connectivity index (χ3v) is 7.62. The minimum absolute atomic E-state index is 0.381. The standard InChI is InChI=1S/C30H39N5O/c1-22(2)32-24-10-8-23(9-11-24)30-28(21-31)27-13-12-26(20-29(27)35(30)25-6-4-7-25)36-19-5-14-34-17-15-33(3)16-18-34/h8-13,20,22,25,32H,4-7,14-19H2,1-3H3. The van der Waals surface area contributed by atoms with E-state index < -0.39 is 0 Å². The van der Waals surface area contributed by atoms with Crippen molar-refractivity contribution >= 4 is 16.6 Å². The first-order chi connectivity index (χ1) is 17.5. The van der Waals surface area contributed by atoms with Crippen LogP contribution in [0, 0.1) is 11.3 Å². The fourth-order valence-electron chi connectivity index (χ4n) is 5.41. The van der Waals surface area contributed by atoms with E-state index in [0.29, 0.717) is 18.7 Å². The van der Waals surface area contributed by atoms with Gasteiger partial charge in [0.15, 0.2) is 0 Å². The van der Waals surface area contributed by atoms with Crippen molar-refractivity contribution in [3.8, 4) is 23.1 Å². The lowest BCUT2D eigenvalue weighted by Gasteiger charge is -2.32. The van der Waals surface area contributed by atoms with Crippen LogP contribution in [0.25, 0.3) is 22.2 Å². The quantitative estimate of drug-likeness (QED) is 0.392. The zero-order valence-electron chi connectivity index (χ0n) is 22.0. The maximum atomic E-state index is 10.2. The first-order valence-corrected chi connectivity index (χ1v) is 13.5. The molecule has 1 N–H and O–H groups in total. The zero-order valence-corrected chi connectivity index (χ0v) is 22.0. The van der Waals surface area contributed by atoms with Crippen LogP contribution in [0.5, 0.6) is 5.75 Å². The summed E-state index contributed by atoms with van der Waals surface area (Å²) in [6.07, 6.45) is 4.58. The van der Waals surface area contributed by atoms with Gasteiger partial charge in [-0.15, -0.1) is 0 Å². The molecule has 1 aliphatic carbocycles. The van der Waals surface area contributed by atoms with E-state index in [4.69, 9.17) is 4.74 Å². The van der Waals surface area contributed by atoms with Crippen molar-refractivity contribution in [2.24, 2.45) is 0 Å². The van der Waals surface area contributed by atoms with E-state index in [-0.39, 0.29) is 0 Å². The van der Waals surface area contributed by atoms with Crippen LogP contribution in [0.3, 0.4) is 0 Å². The molecule has 6 heteroatoms. The topological polar surface area (TPSA) is 56.5 Å². The van der Waals surface area contributed by atoms with Gasteiger partial charge < -0.3 is 24.4 Å². The highest BCUT2D eigenvalue weighted by atomic mass is 16.5. The maximum absolute atomic E-state index is 10.2. The molecule has 2 aromatic carbocycles. The van der Waals surface area contributed by atoms with Gasteiger partial charge in [-0.1, -0.05) is 12.1 Å². The van der Waals surface area contributed by atoms with E-state index in [2.05, 4.69) is 83.0 Å². The summed E-state index contributed by atoms with van der Waals surface area (Å²) in [5.74, 6) is 0.895. The Hall–Kier alpha value is -3.01. The first kappa shape index (κ1) is 24.7. The first-order valence-electron chi connectivity index (χ1n) is 13.5. The fraction of sp³-hybridized carbons (Fsp3) is 0.500. The molecule has 0 bridgehead atoms. The third-order valence-electron chi connectivity index (χ3n) is 7.62. The van der Waals surface area contributed by atoms with Crippen LogP contribution in [-0.2, 0) is 0 Å². The molecule has 5 rings (SSSR count). The number of fused-ring (bicyclic) bond motifs is 1. The van der Waals surface area contributed by atoms with Crippen LogP contribution in [0.15, 0.2) is 42.5 Å². The van der Waals surface area contributed by atoms with Crippen molar-refractivity contribution in [3.63, 3.8) is 0 Å². The van der Waals surface area contributed by atoms with Gasteiger partial charge >= 0.3 is 0 Å². The zero-order chi connectivity index (χ0) is 25.1. The summed E-state index contributed by atoms with van der Waals surface area (Å²) in [4.78, 5) is 4.92. The van der Waals surface area contributed by atoms with Crippen molar-refractivity contribution in [1.29, 1.82) is 5.26 Å². The summed E-state index contributed by atoms with van der Waals surface area (Å²) < 4.78 is 8.63. The van der Waals surface area contributed by atoms with Crippen LogP contribution < -0.4 is 10.1 Å². The van der Waals surface area contributed by atoms with Crippen LogP contribution in [0.2, 0.25) is 0 Å². The highest BCUT2D eigenvalue weighted by molar-refractivity contribution is 5.95. The second-order valence-electron chi connectivity index (χ2n) is 10.7. The Balaban J connectivity index is 1.38. The molecule has 1 saturated carbocycles. The molecule has 6 nitrogen and oxygen atoms in total. The van der Waals surface area contributed by atoms with Gasteiger partial charge in [-0.3, -0.25) is 0 Å². The second kappa shape index (κ2) is 10.9. The Morgan fingerprint density at radius 1 is 1.06 bits per heavy atom. The monoisotopic (exact) mass is 485 g/mol. The number of likely N-dealkylation sites (N-methyl/N-ethyl adjacent to an activating group) is 1. The van der Waals surface area contributed by atoms with Gasteiger partial charge in [0, 0.05) is 61.9 Å². The molecule has 36 heavy (non-hydrogen) atoms. The highest BCUT2D eigenvalue weighted by Crippen LogP contribution is 2.43. The van der Waals surface area contributed by atoms with Gasteiger partial charge in [0.2, 0.25) is 0 Å². The number of nitrogens with zero attached hydrogens (tertiary/aromatic N) is 4. The molecule has 0 unspecified atom stereocenters. The molecule has 0 atom stereocenters. The predicted octanol–water partition coefficient (Wildman–Crippen LogP) is 5.74. The fourth-order valence-corrected chi connectivity index (χ4v) is 5.41. The van der Waals surface area contributed by atoms with Gasteiger partial charge in [0.1, 0.15) is 11.8 Å². The third kappa shape index (κ3) is 5.23. The lowest BCUT2D eigenvalue weighted by atomic mass is 9.92. The van der Waals surface area contributed by atoms with Gasteiger partial charge in [-0.2, -0.15) is 5.26 Å². The number of rotatable bonds is 9. The average Bonchev–Trinajstić information content (AvgIpc) is 3.15. The van der Waals surface area contributed by atoms with E-state index in [9.17, 15) is 5.26 Å². The average molecular weight is 486 g/mol. The molecule has 1 saturated heterocycles. The lowest BCUT2D eigenvalue weighted by molar-refractivity contribution is 0.145. The van der Waals surface area contributed by atoms with Gasteiger partial charge in [0.25, 0.3) is 0 Å². The van der Waals surface area contributed by atoms with E-state index in [1.165, 1.54) is 6.42 Å². The number of benzene rings is 2. The molecular weight excluding hydrogens is 446 g/mol. The maximum Gasteiger partial charge on any atom is 0.121 e. The largest absolute Gasteiger partial charge is 0.493 e. The normalized spacial score (nSPS) is 17.3. The Morgan fingerprint density at radius 3 is 2.44 bits per heavy atom. The molecule has 0 amide bonds. The SMILES string of the molecule is CC(C)Nc1ccc(-c2c(C#N)c3ccc(OCCCN4CCN(C)CC4)cc3n2C2CCC2)cc1. The van der Waals surface area contributed by atoms with Gasteiger partial charge in [-0.05, 0) is 76.4 Å². The van der Waals surface area contributed by atoms with E-state index >= 15 is 0 Å². The van der Waals surface area contributed by atoms with Crippen LogP contribution in [0.1, 0.15) is 51.1 Å². The molecule has 0 spiro atoms. The summed E-state index contributed by atoms with van der Waals surface area (Å²) in [5.41, 5.74) is 5.13. The van der Waals surface area contributed by atoms with E-state index in [1.54, 1.807) is 0 Å². The Morgan fingerprint density at radius 2 is 1.81 bits per heavy atom. The Labute approximate surface area is 215 Å². The van der Waals surface area contributed by atoms with Crippen molar-refractivity contribution in [3.05, 3.63) is 48.0 Å².